The Bertz CT molecular complexity index is 232. The zero-order chi connectivity index (χ0) is 8.27. The monoisotopic (exact) mass is 156 g/mol. The molecule has 0 saturated carbocycles. The second-order valence-electron chi connectivity index (χ2n) is 2.19. The van der Waals surface area contributed by atoms with E-state index in [1.165, 1.54) is 0 Å². The summed E-state index contributed by atoms with van der Waals surface area (Å²) < 4.78 is 6.81. The van der Waals surface area contributed by atoms with Gasteiger partial charge in [0.05, 0.1) is 18.9 Å². The summed E-state index contributed by atoms with van der Waals surface area (Å²) in [6, 6.07) is 1.73. The van der Waals surface area contributed by atoms with Crippen LogP contribution in [0, 0.1) is 0 Å². The summed E-state index contributed by atoms with van der Waals surface area (Å²) in [6.07, 6.45) is 0. The lowest BCUT2D eigenvalue weighted by atomic mass is 10.5. The number of nitrogens with zero attached hydrogens (tertiary/aromatic N) is 2. The molecule has 0 bridgehead atoms. The maximum Gasteiger partial charge on any atom is 0.211 e. The van der Waals surface area contributed by atoms with E-state index < -0.39 is 0 Å². The molecule has 1 rings (SSSR count). The van der Waals surface area contributed by atoms with Gasteiger partial charge in [-0.05, 0) is 6.92 Å². The standard InChI is InChI=1S/C7H12N2O2/c1-3-11-7-4-6(5-10)8-9(7)2/h4,10H,3,5H2,1-2H3. The summed E-state index contributed by atoms with van der Waals surface area (Å²) in [5.74, 6) is 0.691. The molecular formula is C7H12N2O2. The molecule has 1 heterocycles. The van der Waals surface area contributed by atoms with Crippen molar-refractivity contribution >= 4 is 0 Å². The quantitative estimate of drug-likeness (QED) is 0.685. The van der Waals surface area contributed by atoms with Gasteiger partial charge in [-0.2, -0.15) is 5.10 Å². The lowest BCUT2D eigenvalue weighted by Crippen LogP contribution is -1.98. The average Bonchev–Trinajstić information content (AvgIpc) is 2.33. The topological polar surface area (TPSA) is 47.3 Å². The number of ether oxygens (including phenoxy) is 1. The maximum absolute atomic E-state index is 8.71. The highest BCUT2D eigenvalue weighted by molar-refractivity contribution is 5.14. The Balaban J connectivity index is 2.79. The smallest absolute Gasteiger partial charge is 0.211 e. The number of aromatic nitrogens is 2. The van der Waals surface area contributed by atoms with Crippen LogP contribution in [0.2, 0.25) is 0 Å². The summed E-state index contributed by atoms with van der Waals surface area (Å²) in [6.45, 7) is 2.48. The van der Waals surface area contributed by atoms with Crippen LogP contribution in [0.3, 0.4) is 0 Å². The van der Waals surface area contributed by atoms with Crippen LogP contribution < -0.4 is 4.74 Å². The first-order valence-corrected chi connectivity index (χ1v) is 3.54. The van der Waals surface area contributed by atoms with Crippen LogP contribution in [0.5, 0.6) is 5.88 Å². The second-order valence-corrected chi connectivity index (χ2v) is 2.19. The van der Waals surface area contributed by atoms with E-state index in [0.29, 0.717) is 18.2 Å². The molecule has 0 amide bonds. The predicted molar refractivity (Wildman–Crippen MR) is 40.3 cm³/mol. The highest BCUT2D eigenvalue weighted by Crippen LogP contribution is 2.11. The first-order valence-electron chi connectivity index (χ1n) is 3.54. The first-order chi connectivity index (χ1) is 5.27. The molecule has 1 aromatic heterocycles. The van der Waals surface area contributed by atoms with Crippen molar-refractivity contribution in [3.63, 3.8) is 0 Å². The van der Waals surface area contributed by atoms with Crippen LogP contribution >= 0.6 is 0 Å². The third kappa shape index (κ3) is 1.71. The summed E-state index contributed by atoms with van der Waals surface area (Å²) in [5.41, 5.74) is 0.635. The Kier molecular flexibility index (Phi) is 2.48. The lowest BCUT2D eigenvalue weighted by Gasteiger charge is -1.99. The third-order valence-electron chi connectivity index (χ3n) is 1.34. The van der Waals surface area contributed by atoms with Gasteiger partial charge in [0.2, 0.25) is 5.88 Å². The van der Waals surface area contributed by atoms with Gasteiger partial charge in [-0.3, -0.25) is 0 Å². The molecule has 0 aliphatic carbocycles. The average molecular weight is 156 g/mol. The number of aliphatic hydroxyl groups excluding tert-OH is 1. The molecule has 1 N–H and O–H groups in total. The van der Waals surface area contributed by atoms with Gasteiger partial charge in [0.25, 0.3) is 0 Å². The van der Waals surface area contributed by atoms with Crippen molar-refractivity contribution in [3.8, 4) is 5.88 Å². The van der Waals surface area contributed by atoms with Gasteiger partial charge >= 0.3 is 0 Å². The predicted octanol–water partition coefficient (Wildman–Crippen LogP) is 0.311. The Morgan fingerprint density at radius 1 is 1.73 bits per heavy atom. The minimum Gasteiger partial charge on any atom is -0.478 e. The van der Waals surface area contributed by atoms with E-state index >= 15 is 0 Å². The molecule has 0 atom stereocenters. The molecule has 4 heteroatoms. The van der Waals surface area contributed by atoms with Gasteiger partial charge in [-0.1, -0.05) is 0 Å². The van der Waals surface area contributed by atoms with Gasteiger partial charge in [0.1, 0.15) is 0 Å². The van der Waals surface area contributed by atoms with Crippen molar-refractivity contribution in [2.75, 3.05) is 6.61 Å². The molecule has 0 aromatic carbocycles. The molecule has 0 unspecified atom stereocenters. The van der Waals surface area contributed by atoms with E-state index in [0.717, 1.165) is 0 Å². The van der Waals surface area contributed by atoms with Crippen molar-refractivity contribution in [1.29, 1.82) is 0 Å². The number of hydrogen-bond donors (Lipinski definition) is 1. The summed E-state index contributed by atoms with van der Waals surface area (Å²) in [7, 11) is 1.78. The summed E-state index contributed by atoms with van der Waals surface area (Å²) in [5, 5.41) is 12.7. The minimum atomic E-state index is -0.0408. The Labute approximate surface area is 65.4 Å². The van der Waals surface area contributed by atoms with E-state index in [1.54, 1.807) is 17.8 Å². The molecule has 0 aliphatic rings. The van der Waals surface area contributed by atoms with E-state index in [-0.39, 0.29) is 6.61 Å². The van der Waals surface area contributed by atoms with E-state index in [2.05, 4.69) is 5.10 Å². The normalized spacial score (nSPS) is 10.1. The molecule has 11 heavy (non-hydrogen) atoms. The van der Waals surface area contributed by atoms with Gasteiger partial charge < -0.3 is 9.84 Å². The van der Waals surface area contributed by atoms with Crippen LogP contribution in [-0.4, -0.2) is 21.5 Å². The SMILES string of the molecule is CCOc1cc(CO)nn1C. The van der Waals surface area contributed by atoms with Gasteiger partial charge in [-0.15, -0.1) is 0 Å². The first kappa shape index (κ1) is 8.07. The molecule has 0 saturated heterocycles. The van der Waals surface area contributed by atoms with Crippen LogP contribution in [-0.2, 0) is 13.7 Å². The number of rotatable bonds is 3. The van der Waals surface area contributed by atoms with Crippen molar-refractivity contribution in [2.45, 2.75) is 13.5 Å². The van der Waals surface area contributed by atoms with Crippen LogP contribution in [0.15, 0.2) is 6.07 Å². The fourth-order valence-electron chi connectivity index (χ4n) is 0.867. The van der Waals surface area contributed by atoms with Crippen LogP contribution in [0.4, 0.5) is 0 Å². The molecule has 0 fully saturated rings. The molecule has 0 aliphatic heterocycles. The Hall–Kier alpha value is -1.03. The fraction of sp³-hybridized carbons (Fsp3) is 0.571. The maximum atomic E-state index is 8.71. The summed E-state index contributed by atoms with van der Waals surface area (Å²) in [4.78, 5) is 0. The Morgan fingerprint density at radius 2 is 2.45 bits per heavy atom. The molecule has 1 aromatic rings. The highest BCUT2D eigenvalue weighted by atomic mass is 16.5. The molecular weight excluding hydrogens is 144 g/mol. The molecule has 0 radical (unpaired) electrons. The highest BCUT2D eigenvalue weighted by Gasteiger charge is 2.02. The summed E-state index contributed by atoms with van der Waals surface area (Å²) >= 11 is 0. The fourth-order valence-corrected chi connectivity index (χ4v) is 0.867. The minimum absolute atomic E-state index is 0.0408. The van der Waals surface area contributed by atoms with Crippen molar-refractivity contribution in [1.82, 2.24) is 9.78 Å². The largest absolute Gasteiger partial charge is 0.478 e. The van der Waals surface area contributed by atoms with Crippen molar-refractivity contribution < 1.29 is 9.84 Å². The number of aliphatic hydroxyl groups is 1. The number of hydrogen-bond acceptors (Lipinski definition) is 3. The Morgan fingerprint density at radius 3 is 2.91 bits per heavy atom. The third-order valence-corrected chi connectivity index (χ3v) is 1.34. The number of aryl methyl sites for hydroxylation is 1. The van der Waals surface area contributed by atoms with Crippen molar-refractivity contribution in [3.05, 3.63) is 11.8 Å². The lowest BCUT2D eigenvalue weighted by molar-refractivity contribution is 0.275. The van der Waals surface area contributed by atoms with Gasteiger partial charge in [-0.25, -0.2) is 4.68 Å². The molecule has 62 valence electrons. The van der Waals surface area contributed by atoms with Crippen molar-refractivity contribution in [2.24, 2.45) is 7.05 Å². The van der Waals surface area contributed by atoms with Gasteiger partial charge in [0, 0.05) is 13.1 Å². The van der Waals surface area contributed by atoms with Crippen LogP contribution in [0.25, 0.3) is 0 Å². The zero-order valence-electron chi connectivity index (χ0n) is 6.74. The molecule has 4 nitrogen and oxygen atoms in total. The molecule has 0 spiro atoms. The van der Waals surface area contributed by atoms with E-state index in [4.69, 9.17) is 9.84 Å². The van der Waals surface area contributed by atoms with E-state index in [9.17, 15) is 0 Å². The van der Waals surface area contributed by atoms with E-state index in [1.807, 2.05) is 6.92 Å². The van der Waals surface area contributed by atoms with Crippen LogP contribution in [0.1, 0.15) is 12.6 Å². The second kappa shape index (κ2) is 3.39. The van der Waals surface area contributed by atoms with Gasteiger partial charge in [0.15, 0.2) is 0 Å². The zero-order valence-corrected chi connectivity index (χ0v) is 6.74.